The van der Waals surface area contributed by atoms with E-state index in [1.807, 2.05) is 29.7 Å². The summed E-state index contributed by atoms with van der Waals surface area (Å²) in [6.07, 6.45) is 8.12. The molecule has 4 heteroatoms. The van der Waals surface area contributed by atoms with Gasteiger partial charge in [-0.2, -0.15) is 0 Å². The van der Waals surface area contributed by atoms with E-state index in [2.05, 4.69) is 48.5 Å². The number of anilines is 2. The Labute approximate surface area is 170 Å². The predicted molar refractivity (Wildman–Crippen MR) is 119 cm³/mol. The molecule has 2 aliphatic rings. The fourth-order valence-corrected chi connectivity index (χ4v) is 5.00. The molecule has 1 fully saturated rings. The lowest BCUT2D eigenvalue weighted by Crippen LogP contribution is -2.22. The lowest BCUT2D eigenvalue weighted by molar-refractivity contribution is 0.103. The van der Waals surface area contributed by atoms with Gasteiger partial charge in [-0.15, -0.1) is 11.3 Å². The Balaban J connectivity index is 1.67. The van der Waals surface area contributed by atoms with Crippen molar-refractivity contribution in [3.8, 4) is 0 Å². The standard InChI is InChI=1S/C24H24N2OS/c1-16-15-17(2)22(26-12-7-8-13-26)18(3)21(16)25-24(27)23-20(11-14-28-23)19-9-5-4-6-10-19/h5,9-11,14-15H,7-8,12-13H2,1-3H3,(H,25,27). The van der Waals surface area contributed by atoms with E-state index in [4.69, 9.17) is 0 Å². The van der Waals surface area contributed by atoms with Gasteiger partial charge in [0.15, 0.2) is 0 Å². The molecular weight excluding hydrogens is 364 g/mol. The number of rotatable bonds is 4. The average molecular weight is 389 g/mol. The number of benzene rings is 1. The zero-order valence-corrected chi connectivity index (χ0v) is 17.4. The van der Waals surface area contributed by atoms with Gasteiger partial charge in [-0.1, -0.05) is 17.5 Å². The molecule has 1 aromatic carbocycles. The van der Waals surface area contributed by atoms with Gasteiger partial charge < -0.3 is 10.2 Å². The van der Waals surface area contributed by atoms with E-state index in [0.29, 0.717) is 0 Å². The molecule has 0 atom stereocenters. The maximum absolute atomic E-state index is 13.2. The average Bonchev–Trinajstić information content (AvgIpc) is 3.37. The van der Waals surface area contributed by atoms with Crippen molar-refractivity contribution >= 4 is 34.2 Å². The zero-order chi connectivity index (χ0) is 19.7. The third kappa shape index (κ3) is 3.39. The summed E-state index contributed by atoms with van der Waals surface area (Å²) in [7, 11) is 0. The smallest absolute Gasteiger partial charge is 0.266 e. The van der Waals surface area contributed by atoms with Crippen molar-refractivity contribution in [2.24, 2.45) is 0 Å². The van der Waals surface area contributed by atoms with Crippen LogP contribution in [-0.2, 0) is 0 Å². The van der Waals surface area contributed by atoms with Crippen LogP contribution in [0.5, 0.6) is 0 Å². The first kappa shape index (κ1) is 18.6. The second-order valence-corrected chi connectivity index (χ2v) is 8.31. The fourth-order valence-electron chi connectivity index (χ4n) is 4.19. The van der Waals surface area contributed by atoms with Gasteiger partial charge in [0.05, 0.1) is 0 Å². The van der Waals surface area contributed by atoms with Crippen LogP contribution < -0.4 is 10.2 Å². The number of hydrogen-bond acceptors (Lipinski definition) is 3. The molecule has 0 radical (unpaired) electrons. The molecule has 4 rings (SSSR count). The van der Waals surface area contributed by atoms with E-state index < -0.39 is 0 Å². The predicted octanol–water partition coefficient (Wildman–Crippen LogP) is 5.79. The third-order valence-electron chi connectivity index (χ3n) is 5.43. The molecule has 1 aliphatic carbocycles. The minimum atomic E-state index is -0.0553. The quantitative estimate of drug-likeness (QED) is 0.673. The van der Waals surface area contributed by atoms with Gasteiger partial charge in [0.2, 0.25) is 0 Å². The Morgan fingerprint density at radius 3 is 2.64 bits per heavy atom. The van der Waals surface area contributed by atoms with Crippen molar-refractivity contribution < 1.29 is 4.79 Å². The van der Waals surface area contributed by atoms with Gasteiger partial charge in [0, 0.05) is 30.0 Å². The van der Waals surface area contributed by atoms with Crippen LogP contribution in [0.25, 0.3) is 5.57 Å². The van der Waals surface area contributed by atoms with Crippen LogP contribution in [0.15, 0.2) is 47.2 Å². The highest BCUT2D eigenvalue weighted by molar-refractivity contribution is 7.12. The maximum Gasteiger partial charge on any atom is 0.266 e. The zero-order valence-electron chi connectivity index (χ0n) is 16.6. The van der Waals surface area contributed by atoms with Crippen LogP contribution >= 0.6 is 11.3 Å². The Bertz CT molecular complexity index is 1070. The van der Waals surface area contributed by atoms with Crippen LogP contribution in [0.4, 0.5) is 11.4 Å². The van der Waals surface area contributed by atoms with Crippen LogP contribution in [0.3, 0.4) is 0 Å². The molecule has 3 nitrogen and oxygen atoms in total. The highest BCUT2D eigenvalue weighted by atomic mass is 32.1. The minimum Gasteiger partial charge on any atom is -0.371 e. The molecule has 1 amide bonds. The Kier molecular flexibility index (Phi) is 5.11. The molecule has 1 aliphatic heterocycles. The van der Waals surface area contributed by atoms with Gasteiger partial charge >= 0.3 is 0 Å². The summed E-state index contributed by atoms with van der Waals surface area (Å²) < 4.78 is 0. The van der Waals surface area contributed by atoms with E-state index in [1.165, 1.54) is 35.4 Å². The van der Waals surface area contributed by atoms with Gasteiger partial charge in [0.25, 0.3) is 5.91 Å². The molecule has 1 N–H and O–H groups in total. The van der Waals surface area contributed by atoms with Gasteiger partial charge in [-0.25, -0.2) is 0 Å². The van der Waals surface area contributed by atoms with E-state index in [1.54, 1.807) is 0 Å². The lowest BCUT2D eigenvalue weighted by Gasteiger charge is -2.26. The summed E-state index contributed by atoms with van der Waals surface area (Å²) in [6, 6.07) is 4.18. The molecule has 1 aromatic heterocycles. The van der Waals surface area contributed by atoms with Crippen molar-refractivity contribution in [2.45, 2.75) is 33.6 Å². The molecule has 142 valence electrons. The normalized spacial score (nSPS) is 15.2. The number of nitrogens with zero attached hydrogens (tertiary/aromatic N) is 1. The molecule has 0 saturated carbocycles. The first-order chi connectivity index (χ1) is 13.6. The van der Waals surface area contributed by atoms with E-state index in [-0.39, 0.29) is 5.91 Å². The van der Waals surface area contributed by atoms with E-state index >= 15 is 0 Å². The number of amides is 1. The molecule has 0 bridgehead atoms. The van der Waals surface area contributed by atoms with Crippen molar-refractivity contribution in [3.63, 3.8) is 0 Å². The van der Waals surface area contributed by atoms with Crippen molar-refractivity contribution in [2.75, 3.05) is 23.3 Å². The van der Waals surface area contributed by atoms with Crippen LogP contribution in [-0.4, -0.2) is 19.0 Å². The Hall–Kier alpha value is -2.77. The largest absolute Gasteiger partial charge is 0.371 e. The summed E-state index contributed by atoms with van der Waals surface area (Å²) in [5.74, 6) is -0.0553. The number of allylic oxidation sites excluding steroid dienone is 4. The molecule has 28 heavy (non-hydrogen) atoms. The molecule has 0 unspecified atom stereocenters. The van der Waals surface area contributed by atoms with Gasteiger partial charge in [-0.3, -0.25) is 4.79 Å². The van der Waals surface area contributed by atoms with E-state index in [0.717, 1.165) is 45.9 Å². The number of thiophene rings is 1. The molecule has 2 aromatic rings. The summed E-state index contributed by atoms with van der Waals surface area (Å²) in [6.45, 7) is 8.55. The fraction of sp³-hybridized carbons (Fsp3) is 0.292. The Morgan fingerprint density at radius 1 is 1.14 bits per heavy atom. The second-order valence-electron chi connectivity index (χ2n) is 7.39. The Morgan fingerprint density at radius 2 is 1.93 bits per heavy atom. The monoisotopic (exact) mass is 388 g/mol. The highest BCUT2D eigenvalue weighted by Crippen LogP contribution is 2.36. The van der Waals surface area contributed by atoms with Crippen LogP contribution in [0, 0.1) is 20.8 Å². The van der Waals surface area contributed by atoms with Crippen molar-refractivity contribution in [3.05, 3.63) is 74.3 Å². The highest BCUT2D eigenvalue weighted by Gasteiger charge is 2.22. The molecule has 2 heterocycles. The second kappa shape index (κ2) is 7.69. The summed E-state index contributed by atoms with van der Waals surface area (Å²) in [4.78, 5) is 16.3. The topological polar surface area (TPSA) is 32.3 Å². The van der Waals surface area contributed by atoms with Crippen LogP contribution in [0.1, 0.15) is 44.8 Å². The summed E-state index contributed by atoms with van der Waals surface area (Å²) >= 11 is 1.47. The summed E-state index contributed by atoms with van der Waals surface area (Å²) in [5, 5.41) is 5.17. The van der Waals surface area contributed by atoms with Crippen molar-refractivity contribution in [1.29, 1.82) is 0 Å². The molecule has 1 saturated heterocycles. The molecular formula is C24H24N2OS. The lowest BCUT2D eigenvalue weighted by atomic mass is 10.0. The maximum atomic E-state index is 13.2. The first-order valence-electron chi connectivity index (χ1n) is 9.69. The number of aryl methyl sites for hydroxylation is 2. The number of carbonyl (C=O) groups is 1. The van der Waals surface area contributed by atoms with E-state index in [9.17, 15) is 4.79 Å². The number of hydrogen-bond donors (Lipinski definition) is 1. The third-order valence-corrected chi connectivity index (χ3v) is 6.34. The van der Waals surface area contributed by atoms with Gasteiger partial charge in [0.1, 0.15) is 4.88 Å². The van der Waals surface area contributed by atoms with Gasteiger partial charge in [-0.05, 0) is 85.6 Å². The number of carbonyl (C=O) groups excluding carboxylic acids is 1. The number of nitrogens with one attached hydrogen (secondary N) is 1. The SMILES string of the molecule is Cc1cc(C)c(N2CCCC2)c(C)c1NC(=O)c1sccc1C1=CC=C=C=C1. The minimum absolute atomic E-state index is 0.0553. The first-order valence-corrected chi connectivity index (χ1v) is 10.6. The van der Waals surface area contributed by atoms with Crippen molar-refractivity contribution in [1.82, 2.24) is 0 Å². The molecule has 0 spiro atoms. The van der Waals surface area contributed by atoms with Crippen LogP contribution in [0.2, 0.25) is 0 Å². The summed E-state index contributed by atoms with van der Waals surface area (Å²) in [5.41, 5.74) is 13.6.